The average Bonchev–Trinajstić information content (AvgIpc) is 2.71. The number of carbonyl (C=O) groups excluding carboxylic acids is 1. The first-order valence-corrected chi connectivity index (χ1v) is 5.54. The van der Waals surface area contributed by atoms with E-state index in [0.29, 0.717) is 0 Å². The Labute approximate surface area is 109 Å². The van der Waals surface area contributed by atoms with E-state index in [1.54, 1.807) is 12.4 Å². The van der Waals surface area contributed by atoms with Gasteiger partial charge in [0.15, 0.2) is 10.9 Å². The lowest BCUT2D eigenvalue weighted by Crippen LogP contribution is -2.21. The molecule has 2 heterocycles. The first-order valence-electron chi connectivity index (χ1n) is 5.17. The molecule has 94 valence electrons. The van der Waals surface area contributed by atoms with E-state index in [4.69, 9.17) is 16.3 Å². The van der Waals surface area contributed by atoms with Gasteiger partial charge >= 0.3 is 6.09 Å². The Morgan fingerprint density at radius 1 is 1.50 bits per heavy atom. The van der Waals surface area contributed by atoms with Crippen LogP contribution in [0.25, 0.3) is 5.69 Å². The molecule has 7 heteroatoms. The fourth-order valence-electron chi connectivity index (χ4n) is 1.35. The summed E-state index contributed by atoms with van der Waals surface area (Å²) in [6, 6.07) is 1.89. The molecule has 0 aliphatic heterocycles. The average molecular weight is 267 g/mol. The van der Waals surface area contributed by atoms with E-state index >= 15 is 0 Å². The Bertz CT molecular complexity index is 582. The fourth-order valence-corrected chi connectivity index (χ4v) is 1.52. The van der Waals surface area contributed by atoms with Crippen LogP contribution in [-0.2, 0) is 0 Å². The molecule has 0 aliphatic rings. The topological polar surface area (TPSA) is 69.0 Å². The molecule has 6 nitrogen and oxygen atoms in total. The minimum Gasteiger partial charge on any atom is -0.405 e. The molecule has 0 radical (unpaired) electrons. The van der Waals surface area contributed by atoms with Gasteiger partial charge in [-0.25, -0.2) is 9.48 Å². The van der Waals surface area contributed by atoms with Crippen molar-refractivity contribution < 1.29 is 9.53 Å². The van der Waals surface area contributed by atoms with Crippen molar-refractivity contribution in [2.75, 3.05) is 7.05 Å². The van der Waals surface area contributed by atoms with E-state index in [-0.39, 0.29) is 10.9 Å². The number of amides is 1. The number of rotatable bonds is 2. The van der Waals surface area contributed by atoms with Crippen LogP contribution in [0.4, 0.5) is 4.79 Å². The second-order valence-corrected chi connectivity index (χ2v) is 3.95. The van der Waals surface area contributed by atoms with Gasteiger partial charge in [-0.15, -0.1) is 0 Å². The minimum atomic E-state index is -0.598. The highest BCUT2D eigenvalue weighted by Gasteiger charge is 2.12. The zero-order chi connectivity index (χ0) is 13.1. The number of aromatic nitrogens is 3. The van der Waals surface area contributed by atoms with Crippen LogP contribution in [0.5, 0.6) is 5.75 Å². The van der Waals surface area contributed by atoms with E-state index in [0.717, 1.165) is 11.3 Å². The largest absolute Gasteiger partial charge is 0.412 e. The van der Waals surface area contributed by atoms with E-state index in [9.17, 15) is 4.79 Å². The summed E-state index contributed by atoms with van der Waals surface area (Å²) in [5.41, 5.74) is 1.73. The third-order valence-electron chi connectivity index (χ3n) is 2.17. The van der Waals surface area contributed by atoms with Crippen molar-refractivity contribution in [3.05, 3.63) is 35.4 Å². The molecular weight excluding hydrogens is 256 g/mol. The van der Waals surface area contributed by atoms with Crippen LogP contribution >= 0.6 is 11.6 Å². The molecule has 2 aromatic heterocycles. The summed E-state index contributed by atoms with van der Waals surface area (Å²) in [5, 5.41) is 6.49. The fraction of sp³-hybridized carbons (Fsp3) is 0.182. The molecule has 0 bridgehead atoms. The number of nitrogens with zero attached hydrogens (tertiary/aromatic N) is 3. The molecule has 0 fully saturated rings. The van der Waals surface area contributed by atoms with Gasteiger partial charge in [-0.1, -0.05) is 11.6 Å². The van der Waals surface area contributed by atoms with Gasteiger partial charge in [-0.3, -0.25) is 4.98 Å². The lowest BCUT2D eigenvalue weighted by molar-refractivity contribution is 0.203. The lowest BCUT2D eigenvalue weighted by Gasteiger charge is -2.01. The van der Waals surface area contributed by atoms with Gasteiger partial charge in [0.2, 0.25) is 0 Å². The van der Waals surface area contributed by atoms with E-state index in [2.05, 4.69) is 15.4 Å². The van der Waals surface area contributed by atoms with Crippen molar-refractivity contribution in [3.63, 3.8) is 0 Å². The number of hydrogen-bond acceptors (Lipinski definition) is 4. The van der Waals surface area contributed by atoms with E-state index < -0.39 is 6.09 Å². The van der Waals surface area contributed by atoms with Crippen molar-refractivity contribution >= 4 is 17.7 Å². The maximum absolute atomic E-state index is 11.1. The van der Waals surface area contributed by atoms with Gasteiger partial charge in [0.1, 0.15) is 0 Å². The highest BCUT2D eigenvalue weighted by molar-refractivity contribution is 6.30. The van der Waals surface area contributed by atoms with Crippen molar-refractivity contribution in [2.45, 2.75) is 6.92 Å². The zero-order valence-corrected chi connectivity index (χ0v) is 10.6. The quantitative estimate of drug-likeness (QED) is 0.902. The molecule has 18 heavy (non-hydrogen) atoms. The second-order valence-electron chi connectivity index (χ2n) is 3.59. The summed E-state index contributed by atoms with van der Waals surface area (Å²) in [6.45, 7) is 1.92. The number of pyridine rings is 1. The Morgan fingerprint density at radius 2 is 2.28 bits per heavy atom. The molecule has 0 unspecified atom stereocenters. The normalized spacial score (nSPS) is 10.2. The minimum absolute atomic E-state index is 0.111. The van der Waals surface area contributed by atoms with Gasteiger partial charge in [0.25, 0.3) is 0 Å². The molecule has 1 N–H and O–H groups in total. The standard InChI is InChI=1S/C11H11ClN4O2/c1-7-3-8(5-14-4-7)16-6-9(10(12)15-16)18-11(17)13-2/h3-6H,1-2H3,(H,13,17). The molecule has 1 amide bonds. The molecule has 2 rings (SSSR count). The maximum Gasteiger partial charge on any atom is 0.412 e. The predicted octanol–water partition coefficient (Wildman–Crippen LogP) is 1.95. The SMILES string of the molecule is CNC(=O)Oc1cn(-c2cncc(C)c2)nc1Cl. The van der Waals surface area contributed by atoms with Gasteiger partial charge in [0.05, 0.1) is 18.1 Å². The highest BCUT2D eigenvalue weighted by atomic mass is 35.5. The van der Waals surface area contributed by atoms with E-state index in [1.807, 2.05) is 13.0 Å². The summed E-state index contributed by atoms with van der Waals surface area (Å²) in [4.78, 5) is 15.1. The van der Waals surface area contributed by atoms with Crippen LogP contribution in [0.1, 0.15) is 5.56 Å². The smallest absolute Gasteiger partial charge is 0.405 e. The number of aryl methyl sites for hydroxylation is 1. The zero-order valence-electron chi connectivity index (χ0n) is 9.85. The third kappa shape index (κ3) is 2.60. The number of ether oxygens (including phenoxy) is 1. The number of hydrogen-bond donors (Lipinski definition) is 1. The Balaban J connectivity index is 2.31. The molecule has 0 saturated heterocycles. The van der Waals surface area contributed by atoms with Crippen molar-refractivity contribution in [1.82, 2.24) is 20.1 Å². The van der Waals surface area contributed by atoms with Crippen molar-refractivity contribution in [2.24, 2.45) is 0 Å². The van der Waals surface area contributed by atoms with Crippen LogP contribution < -0.4 is 10.1 Å². The van der Waals surface area contributed by atoms with Gasteiger partial charge in [-0.2, -0.15) is 5.10 Å². The van der Waals surface area contributed by atoms with Crippen LogP contribution in [0.2, 0.25) is 5.15 Å². The summed E-state index contributed by atoms with van der Waals surface area (Å²) < 4.78 is 6.44. The number of carbonyl (C=O) groups is 1. The first-order chi connectivity index (χ1) is 8.60. The van der Waals surface area contributed by atoms with Crippen LogP contribution in [-0.4, -0.2) is 27.9 Å². The lowest BCUT2D eigenvalue weighted by atomic mass is 10.3. The summed E-state index contributed by atoms with van der Waals surface area (Å²) in [7, 11) is 1.46. The monoisotopic (exact) mass is 266 g/mol. The first kappa shape index (κ1) is 12.4. The number of nitrogens with one attached hydrogen (secondary N) is 1. The predicted molar refractivity (Wildman–Crippen MR) is 66.2 cm³/mol. The van der Waals surface area contributed by atoms with Gasteiger partial charge < -0.3 is 10.1 Å². The molecule has 0 aromatic carbocycles. The van der Waals surface area contributed by atoms with E-state index in [1.165, 1.54) is 17.9 Å². The highest BCUT2D eigenvalue weighted by Crippen LogP contribution is 2.24. The maximum atomic E-state index is 11.1. The summed E-state index contributed by atoms with van der Waals surface area (Å²) >= 11 is 5.88. The Kier molecular flexibility index (Phi) is 3.47. The summed E-state index contributed by atoms with van der Waals surface area (Å²) in [6.07, 6.45) is 4.30. The third-order valence-corrected chi connectivity index (χ3v) is 2.43. The van der Waals surface area contributed by atoms with Crippen LogP contribution in [0.15, 0.2) is 24.7 Å². The molecule has 0 atom stereocenters. The molecule has 0 spiro atoms. The second kappa shape index (κ2) is 5.05. The Hall–Kier alpha value is -2.08. The van der Waals surface area contributed by atoms with Gasteiger partial charge in [0, 0.05) is 13.2 Å². The molecule has 0 aliphatic carbocycles. The Morgan fingerprint density at radius 3 is 2.94 bits per heavy atom. The molecular formula is C11H11ClN4O2. The van der Waals surface area contributed by atoms with Crippen LogP contribution in [0.3, 0.4) is 0 Å². The summed E-state index contributed by atoms with van der Waals surface area (Å²) in [5.74, 6) is 0.192. The number of halogens is 1. The van der Waals surface area contributed by atoms with Gasteiger partial charge in [-0.05, 0) is 18.6 Å². The molecule has 2 aromatic rings. The van der Waals surface area contributed by atoms with Crippen LogP contribution in [0, 0.1) is 6.92 Å². The van der Waals surface area contributed by atoms with Crippen molar-refractivity contribution in [1.29, 1.82) is 0 Å². The van der Waals surface area contributed by atoms with Crippen molar-refractivity contribution in [3.8, 4) is 11.4 Å². The molecule has 0 saturated carbocycles.